The molecule has 1 aromatic heterocycles. The van der Waals surface area contributed by atoms with Gasteiger partial charge in [-0.2, -0.15) is 0 Å². The molecule has 2 rings (SSSR count). The van der Waals surface area contributed by atoms with E-state index in [1.54, 1.807) is 11.3 Å². The van der Waals surface area contributed by atoms with Crippen LogP contribution in [-0.4, -0.2) is 7.05 Å². The van der Waals surface area contributed by atoms with E-state index in [0.717, 1.165) is 25.3 Å². The molecule has 1 nitrogen and oxygen atoms in total. The van der Waals surface area contributed by atoms with E-state index in [4.69, 9.17) is 11.6 Å². The minimum Gasteiger partial charge on any atom is -0.313 e. The van der Waals surface area contributed by atoms with Crippen LogP contribution in [0.1, 0.15) is 17.2 Å². The van der Waals surface area contributed by atoms with Crippen molar-refractivity contribution in [3.63, 3.8) is 0 Å². The number of benzene rings is 1. The molecule has 0 saturated carbocycles. The van der Waals surface area contributed by atoms with Crippen molar-refractivity contribution in [3.8, 4) is 0 Å². The number of rotatable bonds is 4. The van der Waals surface area contributed by atoms with Gasteiger partial charge in [-0.15, -0.1) is 11.3 Å². The number of hydrogen-bond donors (Lipinski definition) is 1. The van der Waals surface area contributed by atoms with Gasteiger partial charge in [-0.25, -0.2) is 0 Å². The van der Waals surface area contributed by atoms with E-state index in [-0.39, 0.29) is 6.04 Å². The van der Waals surface area contributed by atoms with Crippen LogP contribution in [0, 0.1) is 0 Å². The lowest BCUT2D eigenvalue weighted by atomic mass is 10.0. The number of hydrogen-bond acceptors (Lipinski definition) is 2. The van der Waals surface area contributed by atoms with Gasteiger partial charge in [0.2, 0.25) is 0 Å². The summed E-state index contributed by atoms with van der Waals surface area (Å²) in [5.41, 5.74) is 2.44. The van der Waals surface area contributed by atoms with E-state index < -0.39 is 0 Å². The van der Waals surface area contributed by atoms with Crippen LogP contribution in [0.5, 0.6) is 0 Å². The molecule has 18 heavy (non-hydrogen) atoms. The molecule has 0 aliphatic carbocycles. The normalized spacial score (nSPS) is 12.7. The summed E-state index contributed by atoms with van der Waals surface area (Å²) in [6.07, 6.45) is 0.881. The first-order chi connectivity index (χ1) is 8.60. The van der Waals surface area contributed by atoms with Crippen LogP contribution in [0.4, 0.5) is 0 Å². The van der Waals surface area contributed by atoms with Gasteiger partial charge in [0.15, 0.2) is 0 Å². The summed E-state index contributed by atoms with van der Waals surface area (Å²) >= 11 is 14.9. The summed E-state index contributed by atoms with van der Waals surface area (Å²) in [5, 5.41) is 6.31. The molecule has 0 saturated heterocycles. The number of thiophene rings is 1. The highest BCUT2D eigenvalue weighted by atomic mass is 79.9. The lowest BCUT2D eigenvalue weighted by Gasteiger charge is -2.16. The summed E-state index contributed by atoms with van der Waals surface area (Å²) in [4.78, 5) is 0. The van der Waals surface area contributed by atoms with Crippen LogP contribution < -0.4 is 5.32 Å². The molecule has 1 atom stereocenters. The molecule has 0 fully saturated rings. The number of halogens is 3. The van der Waals surface area contributed by atoms with Crippen molar-refractivity contribution in [3.05, 3.63) is 54.1 Å². The van der Waals surface area contributed by atoms with Crippen molar-refractivity contribution in [1.29, 1.82) is 0 Å². The molecule has 0 radical (unpaired) electrons. The molecule has 1 heterocycles. The summed E-state index contributed by atoms with van der Waals surface area (Å²) in [6.45, 7) is 0. The quantitative estimate of drug-likeness (QED) is 0.710. The summed E-state index contributed by atoms with van der Waals surface area (Å²) in [7, 11) is 1.98. The Labute approximate surface area is 133 Å². The number of nitrogens with one attached hydrogen (secondary N) is 1. The zero-order chi connectivity index (χ0) is 13.1. The monoisotopic (exact) mass is 407 g/mol. The van der Waals surface area contributed by atoms with E-state index in [9.17, 15) is 0 Å². The maximum atomic E-state index is 6.26. The minimum atomic E-state index is 0.284. The first-order valence-electron chi connectivity index (χ1n) is 5.45. The van der Waals surface area contributed by atoms with Gasteiger partial charge < -0.3 is 5.32 Å². The Hall–Kier alpha value is 0.130. The molecule has 1 aromatic carbocycles. The third-order valence-electron chi connectivity index (χ3n) is 2.78. The molecule has 0 amide bonds. The Kier molecular flexibility index (Phi) is 5.27. The molecule has 5 heteroatoms. The number of likely N-dealkylation sites (N-methyl/N-ethyl adjacent to an activating group) is 1. The highest BCUT2D eigenvalue weighted by molar-refractivity contribution is 9.11. The summed E-state index contributed by atoms with van der Waals surface area (Å²) in [6, 6.07) is 8.47. The molecule has 0 bridgehead atoms. The fraction of sp³-hybridized carbons (Fsp3) is 0.231. The fourth-order valence-electron chi connectivity index (χ4n) is 1.80. The average Bonchev–Trinajstić information content (AvgIpc) is 2.75. The average molecular weight is 410 g/mol. The molecule has 1 unspecified atom stereocenters. The van der Waals surface area contributed by atoms with Crippen molar-refractivity contribution >= 4 is 54.8 Å². The largest absolute Gasteiger partial charge is 0.313 e. The lowest BCUT2D eigenvalue weighted by Crippen LogP contribution is -2.18. The molecular weight excluding hydrogens is 397 g/mol. The molecule has 0 spiro atoms. The lowest BCUT2D eigenvalue weighted by molar-refractivity contribution is 0.594. The van der Waals surface area contributed by atoms with Gasteiger partial charge in [-0.1, -0.05) is 33.6 Å². The molecule has 0 aliphatic heterocycles. The van der Waals surface area contributed by atoms with E-state index in [2.05, 4.69) is 54.7 Å². The molecule has 0 aliphatic rings. The van der Waals surface area contributed by atoms with Crippen molar-refractivity contribution in [2.75, 3.05) is 7.05 Å². The third-order valence-corrected chi connectivity index (χ3v) is 5.15. The zero-order valence-corrected chi connectivity index (χ0v) is 14.5. The summed E-state index contributed by atoms with van der Waals surface area (Å²) in [5.74, 6) is 0. The zero-order valence-electron chi connectivity index (χ0n) is 9.71. The van der Waals surface area contributed by atoms with Crippen molar-refractivity contribution in [1.82, 2.24) is 5.32 Å². The van der Waals surface area contributed by atoms with Gasteiger partial charge in [0.1, 0.15) is 0 Å². The topological polar surface area (TPSA) is 12.0 Å². The van der Waals surface area contributed by atoms with E-state index in [1.165, 1.54) is 5.56 Å². The maximum Gasteiger partial charge on any atom is 0.0701 e. The van der Waals surface area contributed by atoms with Gasteiger partial charge in [-0.05, 0) is 64.1 Å². The van der Waals surface area contributed by atoms with Gasteiger partial charge in [0.05, 0.1) is 3.79 Å². The predicted molar refractivity (Wildman–Crippen MR) is 86.7 cm³/mol. The van der Waals surface area contributed by atoms with Gasteiger partial charge in [-0.3, -0.25) is 0 Å². The second-order valence-electron chi connectivity index (χ2n) is 3.97. The molecule has 2 aromatic rings. The van der Waals surface area contributed by atoms with Gasteiger partial charge in [0.25, 0.3) is 0 Å². The Morgan fingerprint density at radius 1 is 1.33 bits per heavy atom. The fourth-order valence-corrected chi connectivity index (χ4v) is 3.78. The second kappa shape index (κ2) is 6.53. The van der Waals surface area contributed by atoms with Crippen LogP contribution in [0.15, 0.2) is 37.9 Å². The first kappa shape index (κ1) is 14.5. The Morgan fingerprint density at radius 2 is 2.11 bits per heavy atom. The van der Waals surface area contributed by atoms with E-state index in [1.807, 2.05) is 19.2 Å². The van der Waals surface area contributed by atoms with Crippen molar-refractivity contribution < 1.29 is 0 Å². The van der Waals surface area contributed by atoms with Crippen LogP contribution >= 0.6 is 54.8 Å². The maximum absolute atomic E-state index is 6.26. The van der Waals surface area contributed by atoms with Crippen LogP contribution in [-0.2, 0) is 6.42 Å². The van der Waals surface area contributed by atoms with Crippen molar-refractivity contribution in [2.45, 2.75) is 12.5 Å². The molecule has 96 valence electrons. The Balaban J connectivity index is 2.20. The second-order valence-corrected chi connectivity index (χ2v) is 7.58. The Morgan fingerprint density at radius 3 is 2.67 bits per heavy atom. The third kappa shape index (κ3) is 3.58. The minimum absolute atomic E-state index is 0.284. The van der Waals surface area contributed by atoms with E-state index >= 15 is 0 Å². The SMILES string of the molecule is CNC(Cc1ccc(Br)cc1Cl)c1csc(Br)c1. The van der Waals surface area contributed by atoms with Gasteiger partial charge >= 0.3 is 0 Å². The smallest absolute Gasteiger partial charge is 0.0701 e. The van der Waals surface area contributed by atoms with Crippen molar-refractivity contribution in [2.24, 2.45) is 0 Å². The highest BCUT2D eigenvalue weighted by Crippen LogP contribution is 2.30. The summed E-state index contributed by atoms with van der Waals surface area (Å²) < 4.78 is 2.16. The Bertz CT molecular complexity index is 542. The standard InChI is InChI=1S/C13H12Br2ClNS/c1-17-12(9-5-13(15)18-7-9)4-8-2-3-10(14)6-11(8)16/h2-3,5-7,12,17H,4H2,1H3. The molecular formula is C13H12Br2ClNS. The predicted octanol–water partition coefficient (Wildman–Crippen LogP) is 5.43. The van der Waals surface area contributed by atoms with Crippen LogP contribution in [0.3, 0.4) is 0 Å². The van der Waals surface area contributed by atoms with Crippen LogP contribution in [0.2, 0.25) is 5.02 Å². The highest BCUT2D eigenvalue weighted by Gasteiger charge is 2.13. The molecule has 1 N–H and O–H groups in total. The van der Waals surface area contributed by atoms with E-state index in [0.29, 0.717) is 0 Å². The first-order valence-corrected chi connectivity index (χ1v) is 8.29. The van der Waals surface area contributed by atoms with Gasteiger partial charge in [0, 0.05) is 15.5 Å². The van der Waals surface area contributed by atoms with Crippen LogP contribution in [0.25, 0.3) is 0 Å².